The van der Waals surface area contributed by atoms with E-state index in [4.69, 9.17) is 5.73 Å². The molecule has 1 unspecified atom stereocenters. The first-order valence-electron chi connectivity index (χ1n) is 4.72. The van der Waals surface area contributed by atoms with Crippen molar-refractivity contribution in [3.63, 3.8) is 0 Å². The summed E-state index contributed by atoms with van der Waals surface area (Å²) in [6.07, 6.45) is 0. The van der Waals surface area contributed by atoms with Gasteiger partial charge in [0.25, 0.3) is 0 Å². The molecule has 86 valence electrons. The van der Waals surface area contributed by atoms with Crippen LogP contribution in [0, 0.1) is 0 Å². The van der Waals surface area contributed by atoms with Gasteiger partial charge in [-0.05, 0) is 27.7 Å². The minimum absolute atomic E-state index is 0.136. The van der Waals surface area contributed by atoms with Gasteiger partial charge in [-0.3, -0.25) is 0 Å². The van der Waals surface area contributed by atoms with Crippen molar-refractivity contribution in [2.24, 2.45) is 5.73 Å². The lowest BCUT2D eigenvalue weighted by Gasteiger charge is -2.18. The Morgan fingerprint density at radius 1 is 1.36 bits per heavy atom. The van der Waals surface area contributed by atoms with Gasteiger partial charge < -0.3 is 5.73 Å². The van der Waals surface area contributed by atoms with E-state index in [2.05, 4.69) is 0 Å². The van der Waals surface area contributed by atoms with Crippen LogP contribution in [0.5, 0.6) is 0 Å². The molecule has 0 aromatic carbocycles. The molecular formula is C9H21NO2S2. The van der Waals surface area contributed by atoms with Gasteiger partial charge in [0.15, 0.2) is 9.84 Å². The second kappa shape index (κ2) is 5.37. The van der Waals surface area contributed by atoms with Gasteiger partial charge in [0, 0.05) is 17.5 Å². The molecule has 5 heteroatoms. The first kappa shape index (κ1) is 14.3. The van der Waals surface area contributed by atoms with Crippen LogP contribution in [0.4, 0.5) is 0 Å². The molecule has 0 saturated carbocycles. The fraction of sp³-hybridized carbons (Fsp3) is 1.00. The van der Waals surface area contributed by atoms with Crippen LogP contribution >= 0.6 is 11.8 Å². The lowest BCUT2D eigenvalue weighted by molar-refractivity contribution is 0.562. The molecule has 0 rings (SSSR count). The molecule has 14 heavy (non-hydrogen) atoms. The third-order valence-corrected chi connectivity index (χ3v) is 5.93. The summed E-state index contributed by atoms with van der Waals surface area (Å²) >= 11 is 1.60. The van der Waals surface area contributed by atoms with Crippen molar-refractivity contribution in [3.05, 3.63) is 0 Å². The Morgan fingerprint density at radius 2 is 1.86 bits per heavy atom. The highest BCUT2D eigenvalue weighted by atomic mass is 32.2. The fourth-order valence-electron chi connectivity index (χ4n) is 0.744. The van der Waals surface area contributed by atoms with Crippen molar-refractivity contribution in [3.8, 4) is 0 Å². The average molecular weight is 239 g/mol. The minimum atomic E-state index is -2.96. The molecule has 0 spiro atoms. The van der Waals surface area contributed by atoms with Gasteiger partial charge in [0.05, 0.1) is 10.5 Å². The second-order valence-electron chi connectivity index (χ2n) is 4.48. The predicted molar refractivity (Wildman–Crippen MR) is 64.5 cm³/mol. The average Bonchev–Trinajstić information content (AvgIpc) is 1.95. The summed E-state index contributed by atoms with van der Waals surface area (Å²) in [6, 6.07) is 0.136. The zero-order valence-corrected chi connectivity index (χ0v) is 11.0. The molecule has 0 aliphatic heterocycles. The van der Waals surface area contributed by atoms with E-state index in [1.165, 1.54) is 0 Å². The molecule has 3 nitrogen and oxygen atoms in total. The number of rotatable bonds is 5. The maximum atomic E-state index is 11.7. The smallest absolute Gasteiger partial charge is 0.155 e. The van der Waals surface area contributed by atoms with Crippen molar-refractivity contribution in [1.29, 1.82) is 0 Å². The normalized spacial score (nSPS) is 15.5. The molecule has 0 aliphatic rings. The van der Waals surface area contributed by atoms with E-state index in [9.17, 15) is 8.42 Å². The zero-order valence-electron chi connectivity index (χ0n) is 9.41. The third kappa shape index (κ3) is 5.22. The monoisotopic (exact) mass is 239 g/mol. The van der Waals surface area contributed by atoms with Crippen LogP contribution in [0.3, 0.4) is 0 Å². The second-order valence-corrected chi connectivity index (χ2v) is 8.50. The lowest BCUT2D eigenvalue weighted by atomic mass is 10.3. The van der Waals surface area contributed by atoms with E-state index in [0.29, 0.717) is 5.75 Å². The van der Waals surface area contributed by atoms with Crippen LogP contribution in [-0.4, -0.2) is 36.5 Å². The van der Waals surface area contributed by atoms with Crippen molar-refractivity contribution in [1.82, 2.24) is 0 Å². The Kier molecular flexibility index (Phi) is 5.47. The largest absolute Gasteiger partial charge is 0.327 e. The van der Waals surface area contributed by atoms with E-state index >= 15 is 0 Å². The molecule has 1 atom stereocenters. The Labute approximate surface area is 91.7 Å². The number of thioether (sulfide) groups is 1. The molecule has 0 aromatic heterocycles. The van der Waals surface area contributed by atoms with Gasteiger partial charge >= 0.3 is 0 Å². The first-order valence-corrected chi connectivity index (χ1v) is 7.53. The van der Waals surface area contributed by atoms with Gasteiger partial charge in [0.2, 0.25) is 0 Å². The highest BCUT2D eigenvalue weighted by Crippen LogP contribution is 2.17. The summed E-state index contributed by atoms with van der Waals surface area (Å²) < 4.78 is 22.7. The summed E-state index contributed by atoms with van der Waals surface area (Å²) in [7, 11) is -2.96. The highest BCUT2D eigenvalue weighted by Gasteiger charge is 2.28. The lowest BCUT2D eigenvalue weighted by Crippen LogP contribution is -2.31. The van der Waals surface area contributed by atoms with E-state index in [1.54, 1.807) is 32.5 Å². The molecule has 0 heterocycles. The Bertz CT molecular complexity index is 252. The van der Waals surface area contributed by atoms with Gasteiger partial charge in [-0.15, -0.1) is 0 Å². The molecule has 0 aliphatic carbocycles. The van der Waals surface area contributed by atoms with Gasteiger partial charge in [-0.1, -0.05) is 0 Å². The van der Waals surface area contributed by atoms with Crippen molar-refractivity contribution < 1.29 is 8.42 Å². The van der Waals surface area contributed by atoms with E-state index in [-0.39, 0.29) is 11.8 Å². The maximum Gasteiger partial charge on any atom is 0.155 e. The quantitative estimate of drug-likeness (QED) is 0.734. The van der Waals surface area contributed by atoms with Crippen LogP contribution in [0.2, 0.25) is 0 Å². The van der Waals surface area contributed by atoms with Crippen LogP contribution < -0.4 is 5.73 Å². The molecule has 0 saturated heterocycles. The Morgan fingerprint density at radius 3 is 2.21 bits per heavy atom. The predicted octanol–water partition coefficient (Wildman–Crippen LogP) is 1.28. The summed E-state index contributed by atoms with van der Waals surface area (Å²) in [5.74, 6) is 1.70. The zero-order chi connectivity index (χ0) is 11.4. The Balaban J connectivity index is 3.91. The van der Waals surface area contributed by atoms with Gasteiger partial charge in [0.1, 0.15) is 0 Å². The molecule has 0 amide bonds. The standard InChI is InChI=1S/C9H21NO2S2/c1-8(10)7-13-5-6-14(11,12)9(2,3)4/h8H,5-7,10H2,1-4H3. The molecular weight excluding hydrogens is 218 g/mol. The summed E-state index contributed by atoms with van der Waals surface area (Å²) in [5, 5.41) is 0. The molecule has 0 aromatic rings. The summed E-state index contributed by atoms with van der Waals surface area (Å²) in [5.41, 5.74) is 5.56. The SMILES string of the molecule is CC(N)CSCCS(=O)(=O)C(C)(C)C. The number of hydrogen-bond donors (Lipinski definition) is 1. The van der Waals surface area contributed by atoms with Crippen molar-refractivity contribution in [2.45, 2.75) is 38.5 Å². The van der Waals surface area contributed by atoms with Crippen LogP contribution in [0.25, 0.3) is 0 Å². The van der Waals surface area contributed by atoms with Gasteiger partial charge in [-0.25, -0.2) is 8.42 Å². The van der Waals surface area contributed by atoms with E-state index in [0.717, 1.165) is 5.75 Å². The molecule has 2 N–H and O–H groups in total. The minimum Gasteiger partial charge on any atom is -0.327 e. The maximum absolute atomic E-state index is 11.7. The number of nitrogens with two attached hydrogens (primary N) is 1. The van der Waals surface area contributed by atoms with Gasteiger partial charge in [-0.2, -0.15) is 11.8 Å². The summed E-state index contributed by atoms with van der Waals surface area (Å²) in [6.45, 7) is 7.13. The Hall–Kier alpha value is 0.260. The molecule has 0 radical (unpaired) electrons. The topological polar surface area (TPSA) is 60.2 Å². The summed E-state index contributed by atoms with van der Waals surface area (Å²) in [4.78, 5) is 0. The van der Waals surface area contributed by atoms with Crippen LogP contribution in [0.1, 0.15) is 27.7 Å². The van der Waals surface area contributed by atoms with Crippen LogP contribution in [0.15, 0.2) is 0 Å². The molecule has 0 bridgehead atoms. The third-order valence-electron chi connectivity index (χ3n) is 1.81. The number of sulfone groups is 1. The van der Waals surface area contributed by atoms with Crippen molar-refractivity contribution >= 4 is 21.6 Å². The molecule has 0 fully saturated rings. The number of hydrogen-bond acceptors (Lipinski definition) is 4. The van der Waals surface area contributed by atoms with Crippen molar-refractivity contribution in [2.75, 3.05) is 17.3 Å². The highest BCUT2D eigenvalue weighted by molar-refractivity contribution is 8.00. The van der Waals surface area contributed by atoms with E-state index in [1.807, 2.05) is 6.92 Å². The van der Waals surface area contributed by atoms with E-state index < -0.39 is 14.6 Å². The fourth-order valence-corrected chi connectivity index (χ4v) is 3.24. The van der Waals surface area contributed by atoms with Crippen LogP contribution in [-0.2, 0) is 9.84 Å². The first-order chi connectivity index (χ1) is 6.17.